The van der Waals surface area contributed by atoms with Crippen molar-refractivity contribution >= 4 is 33.2 Å². The number of carbonyl (C=O) groups excluding carboxylic acids is 2. The van der Waals surface area contributed by atoms with E-state index >= 15 is 0 Å². The third-order valence-corrected chi connectivity index (χ3v) is 8.20. The number of hydrogen-bond donors (Lipinski definition) is 3. The predicted molar refractivity (Wildman–Crippen MR) is 133 cm³/mol. The van der Waals surface area contributed by atoms with E-state index in [1.165, 1.54) is 0 Å². The van der Waals surface area contributed by atoms with Gasteiger partial charge < -0.3 is 10.6 Å². The number of nitrogens with one attached hydrogen (secondary N) is 3. The first kappa shape index (κ1) is 24.4. The summed E-state index contributed by atoms with van der Waals surface area (Å²) in [6, 6.07) is 10.9. The molecule has 182 valence electrons. The number of amides is 2. The van der Waals surface area contributed by atoms with E-state index < -0.39 is 10.0 Å². The van der Waals surface area contributed by atoms with Crippen LogP contribution in [-0.4, -0.2) is 26.8 Å². The van der Waals surface area contributed by atoms with Crippen molar-refractivity contribution in [1.82, 2.24) is 4.72 Å². The molecule has 2 aromatic rings. The smallest absolute Gasteiger partial charge is 0.240 e. The van der Waals surface area contributed by atoms with Gasteiger partial charge in [-0.1, -0.05) is 6.07 Å². The lowest BCUT2D eigenvalue weighted by Crippen LogP contribution is -2.33. The number of anilines is 2. The summed E-state index contributed by atoms with van der Waals surface area (Å²) in [4.78, 5) is 24.7. The first-order valence-corrected chi connectivity index (χ1v) is 13.5. The highest BCUT2D eigenvalue weighted by Gasteiger charge is 2.28. The number of aryl methyl sites for hydroxylation is 3. The standard InChI is InChI=1S/C26H33N3O4S/c1-17-12-18(2)14-22(13-17)28-26(31)20-8-6-19(7-9-20)16-27-34(32,33)23-10-11-24-21(15-23)4-3-5-25(30)29-24/h10-15,19-20,27H,3-9,16H2,1-2H3,(H,28,31)(H,29,30). The molecule has 4 rings (SSSR count). The summed E-state index contributed by atoms with van der Waals surface area (Å²) in [6.45, 7) is 4.39. The molecule has 0 unspecified atom stereocenters. The fraction of sp³-hybridized carbons (Fsp3) is 0.462. The minimum Gasteiger partial charge on any atom is -0.326 e. The highest BCUT2D eigenvalue weighted by Crippen LogP contribution is 2.30. The van der Waals surface area contributed by atoms with Crippen LogP contribution in [0, 0.1) is 25.7 Å². The third kappa shape index (κ3) is 6.04. The van der Waals surface area contributed by atoms with Crippen molar-refractivity contribution in [1.29, 1.82) is 0 Å². The van der Waals surface area contributed by atoms with Crippen molar-refractivity contribution in [2.45, 2.75) is 63.7 Å². The Labute approximate surface area is 201 Å². The Balaban J connectivity index is 1.29. The molecule has 8 heteroatoms. The molecule has 0 radical (unpaired) electrons. The lowest BCUT2D eigenvalue weighted by molar-refractivity contribution is -0.121. The topological polar surface area (TPSA) is 104 Å². The fourth-order valence-electron chi connectivity index (χ4n) is 4.95. The number of hydrogen-bond acceptors (Lipinski definition) is 4. The highest BCUT2D eigenvalue weighted by molar-refractivity contribution is 7.89. The SMILES string of the molecule is Cc1cc(C)cc(NC(=O)C2CCC(CNS(=O)(=O)c3ccc4c(c3)CCCC(=O)N4)CC2)c1. The Kier molecular flexibility index (Phi) is 7.38. The molecule has 0 aromatic heterocycles. The average Bonchev–Trinajstić information content (AvgIpc) is 2.97. The summed E-state index contributed by atoms with van der Waals surface area (Å²) in [6.07, 6.45) is 4.94. The fourth-order valence-corrected chi connectivity index (χ4v) is 6.12. The van der Waals surface area contributed by atoms with Crippen LogP contribution < -0.4 is 15.4 Å². The van der Waals surface area contributed by atoms with Crippen LogP contribution in [-0.2, 0) is 26.0 Å². The normalized spacial score (nSPS) is 20.7. The van der Waals surface area contributed by atoms with E-state index in [4.69, 9.17) is 0 Å². The van der Waals surface area contributed by atoms with Crippen LogP contribution >= 0.6 is 0 Å². The van der Waals surface area contributed by atoms with E-state index in [-0.39, 0.29) is 28.5 Å². The molecule has 3 N–H and O–H groups in total. The van der Waals surface area contributed by atoms with Crippen molar-refractivity contribution in [2.24, 2.45) is 11.8 Å². The van der Waals surface area contributed by atoms with Crippen molar-refractivity contribution in [2.75, 3.05) is 17.2 Å². The minimum absolute atomic E-state index is 0.0363. The number of carbonyl (C=O) groups is 2. The van der Waals surface area contributed by atoms with Gasteiger partial charge >= 0.3 is 0 Å². The van der Waals surface area contributed by atoms with Gasteiger partial charge in [-0.15, -0.1) is 0 Å². The zero-order chi connectivity index (χ0) is 24.3. The number of rotatable bonds is 6. The minimum atomic E-state index is -3.64. The quantitative estimate of drug-likeness (QED) is 0.570. The largest absolute Gasteiger partial charge is 0.326 e. The Morgan fingerprint density at radius 1 is 1.00 bits per heavy atom. The van der Waals surface area contributed by atoms with E-state index in [1.54, 1.807) is 18.2 Å². The molecule has 2 aliphatic rings. The van der Waals surface area contributed by atoms with Gasteiger partial charge in [-0.3, -0.25) is 9.59 Å². The second-order valence-electron chi connectivity index (χ2n) is 9.66. The van der Waals surface area contributed by atoms with Crippen LogP contribution in [0.15, 0.2) is 41.3 Å². The molecule has 1 aliphatic heterocycles. The van der Waals surface area contributed by atoms with Gasteiger partial charge in [0.15, 0.2) is 0 Å². The summed E-state index contributed by atoms with van der Waals surface area (Å²) < 4.78 is 28.5. The van der Waals surface area contributed by atoms with E-state index in [0.29, 0.717) is 31.5 Å². The van der Waals surface area contributed by atoms with E-state index in [0.717, 1.165) is 48.1 Å². The predicted octanol–water partition coefficient (Wildman–Crippen LogP) is 4.30. The summed E-state index contributed by atoms with van der Waals surface area (Å²) in [7, 11) is -3.64. The van der Waals surface area contributed by atoms with Crippen LogP contribution in [0.4, 0.5) is 11.4 Å². The van der Waals surface area contributed by atoms with E-state index in [9.17, 15) is 18.0 Å². The third-order valence-electron chi connectivity index (χ3n) is 6.78. The van der Waals surface area contributed by atoms with Crippen LogP contribution in [0.5, 0.6) is 0 Å². The van der Waals surface area contributed by atoms with Gasteiger partial charge in [0.05, 0.1) is 4.90 Å². The van der Waals surface area contributed by atoms with Crippen LogP contribution in [0.3, 0.4) is 0 Å². The molecule has 7 nitrogen and oxygen atoms in total. The lowest BCUT2D eigenvalue weighted by atomic mass is 9.81. The summed E-state index contributed by atoms with van der Waals surface area (Å²) in [5.74, 6) is 0.167. The average molecular weight is 484 g/mol. The van der Waals surface area contributed by atoms with Gasteiger partial charge in [0.25, 0.3) is 0 Å². The molecule has 2 aromatic carbocycles. The van der Waals surface area contributed by atoms with E-state index in [1.807, 2.05) is 26.0 Å². The molecule has 0 atom stereocenters. The molecular weight excluding hydrogens is 450 g/mol. The van der Waals surface area contributed by atoms with Gasteiger partial charge in [0, 0.05) is 30.3 Å². The van der Waals surface area contributed by atoms with Crippen molar-refractivity contribution in [3.05, 3.63) is 53.1 Å². The Bertz CT molecular complexity index is 1160. The summed E-state index contributed by atoms with van der Waals surface area (Å²) in [5, 5.41) is 5.87. The molecule has 0 bridgehead atoms. The van der Waals surface area contributed by atoms with Gasteiger partial charge in [0.2, 0.25) is 21.8 Å². The molecule has 2 amide bonds. The maximum atomic E-state index is 12.9. The van der Waals surface area contributed by atoms with E-state index in [2.05, 4.69) is 21.4 Å². The number of benzene rings is 2. The zero-order valence-electron chi connectivity index (χ0n) is 19.8. The maximum absolute atomic E-state index is 12.9. The Hall–Kier alpha value is -2.71. The molecule has 34 heavy (non-hydrogen) atoms. The second-order valence-corrected chi connectivity index (χ2v) is 11.4. The van der Waals surface area contributed by atoms with Crippen LogP contribution in [0.2, 0.25) is 0 Å². The van der Waals surface area contributed by atoms with Crippen molar-refractivity contribution < 1.29 is 18.0 Å². The highest BCUT2D eigenvalue weighted by atomic mass is 32.2. The monoisotopic (exact) mass is 483 g/mol. The molecule has 1 saturated carbocycles. The maximum Gasteiger partial charge on any atom is 0.240 e. The first-order valence-electron chi connectivity index (χ1n) is 12.0. The summed E-state index contributed by atoms with van der Waals surface area (Å²) in [5.41, 5.74) is 4.61. The lowest BCUT2D eigenvalue weighted by Gasteiger charge is -2.28. The van der Waals surface area contributed by atoms with Crippen molar-refractivity contribution in [3.8, 4) is 0 Å². The Morgan fingerprint density at radius 3 is 2.41 bits per heavy atom. The summed E-state index contributed by atoms with van der Waals surface area (Å²) >= 11 is 0. The van der Waals surface area contributed by atoms with Gasteiger partial charge in [-0.25, -0.2) is 13.1 Å². The van der Waals surface area contributed by atoms with Gasteiger partial charge in [-0.05, 0) is 105 Å². The molecule has 1 fully saturated rings. The van der Waals surface area contributed by atoms with Gasteiger partial charge in [0.1, 0.15) is 0 Å². The number of sulfonamides is 1. The zero-order valence-corrected chi connectivity index (χ0v) is 20.6. The first-order chi connectivity index (χ1) is 16.2. The Morgan fingerprint density at radius 2 is 1.71 bits per heavy atom. The molecule has 1 heterocycles. The molecule has 0 saturated heterocycles. The molecular formula is C26H33N3O4S. The van der Waals surface area contributed by atoms with Gasteiger partial charge in [-0.2, -0.15) is 0 Å². The molecule has 0 spiro atoms. The van der Waals surface area contributed by atoms with Crippen molar-refractivity contribution in [3.63, 3.8) is 0 Å². The number of fused-ring (bicyclic) bond motifs is 1. The second kappa shape index (κ2) is 10.3. The molecule has 1 aliphatic carbocycles. The van der Waals surface area contributed by atoms with Crippen LogP contribution in [0.1, 0.15) is 55.2 Å². The van der Waals surface area contributed by atoms with Crippen LogP contribution in [0.25, 0.3) is 0 Å².